The Morgan fingerprint density at radius 2 is 2.00 bits per heavy atom. The summed E-state index contributed by atoms with van der Waals surface area (Å²) >= 11 is 1.56. The lowest BCUT2D eigenvalue weighted by atomic mass is 10.1. The smallest absolute Gasteiger partial charge is 0.160 e. The number of benzene rings is 1. The lowest BCUT2D eigenvalue weighted by Gasteiger charge is -1.97. The van der Waals surface area contributed by atoms with E-state index in [1.807, 2.05) is 6.07 Å². The molecule has 1 aromatic heterocycles. The van der Waals surface area contributed by atoms with E-state index in [9.17, 15) is 4.79 Å². The minimum absolute atomic E-state index is 0.809. The van der Waals surface area contributed by atoms with Crippen molar-refractivity contribution >= 4 is 27.7 Å². The third kappa shape index (κ3) is 1.38. The molecule has 0 bridgehead atoms. The van der Waals surface area contributed by atoms with Gasteiger partial charge < -0.3 is 0 Å². The van der Waals surface area contributed by atoms with Crippen molar-refractivity contribution in [1.29, 1.82) is 0 Å². The quantitative estimate of drug-likeness (QED) is 0.630. The average molecular weight is 190 g/mol. The first kappa shape index (κ1) is 8.45. The SMILES string of the molecule is Cc1cc(C)c2sc(C=O)cc2c1. The molecule has 0 aliphatic carbocycles. The van der Waals surface area contributed by atoms with Crippen LogP contribution in [0.25, 0.3) is 10.1 Å². The van der Waals surface area contributed by atoms with Gasteiger partial charge in [-0.1, -0.05) is 17.7 Å². The fourth-order valence-electron chi connectivity index (χ4n) is 1.59. The highest BCUT2D eigenvalue weighted by molar-refractivity contribution is 7.20. The van der Waals surface area contributed by atoms with Gasteiger partial charge in [-0.25, -0.2) is 0 Å². The molecule has 0 saturated heterocycles. The first-order chi connectivity index (χ1) is 6.20. The normalized spacial score (nSPS) is 10.6. The Kier molecular flexibility index (Phi) is 1.93. The predicted molar refractivity (Wildman–Crippen MR) is 56.7 cm³/mol. The lowest BCUT2D eigenvalue weighted by Crippen LogP contribution is -1.75. The molecule has 2 aromatic rings. The molecule has 1 nitrogen and oxygen atoms in total. The Balaban J connectivity index is 2.82. The van der Waals surface area contributed by atoms with Crippen LogP contribution in [0.15, 0.2) is 18.2 Å². The monoisotopic (exact) mass is 190 g/mol. The van der Waals surface area contributed by atoms with E-state index < -0.39 is 0 Å². The minimum Gasteiger partial charge on any atom is -0.297 e. The standard InChI is InChI=1S/C11H10OS/c1-7-3-8(2)11-9(4-7)5-10(6-12)13-11/h3-6H,1-2H3. The molecular formula is C11H10OS. The van der Waals surface area contributed by atoms with Gasteiger partial charge in [-0.3, -0.25) is 4.79 Å². The number of hydrogen-bond acceptors (Lipinski definition) is 2. The van der Waals surface area contributed by atoms with Gasteiger partial charge in [0, 0.05) is 4.70 Å². The van der Waals surface area contributed by atoms with Crippen molar-refractivity contribution in [3.8, 4) is 0 Å². The third-order valence-electron chi connectivity index (χ3n) is 2.08. The van der Waals surface area contributed by atoms with Crippen LogP contribution in [-0.2, 0) is 0 Å². The Morgan fingerprint density at radius 3 is 2.69 bits per heavy atom. The molecule has 0 atom stereocenters. The van der Waals surface area contributed by atoms with E-state index in [2.05, 4.69) is 26.0 Å². The van der Waals surface area contributed by atoms with Gasteiger partial charge in [-0.2, -0.15) is 0 Å². The highest BCUT2D eigenvalue weighted by Crippen LogP contribution is 2.28. The van der Waals surface area contributed by atoms with Crippen molar-refractivity contribution in [2.75, 3.05) is 0 Å². The van der Waals surface area contributed by atoms with E-state index in [0.29, 0.717) is 0 Å². The second kappa shape index (κ2) is 2.96. The summed E-state index contributed by atoms with van der Waals surface area (Å²) in [6, 6.07) is 6.21. The van der Waals surface area contributed by atoms with Gasteiger partial charge in [-0.05, 0) is 30.9 Å². The summed E-state index contributed by atoms with van der Waals surface area (Å²) in [5.41, 5.74) is 2.51. The van der Waals surface area contributed by atoms with Crippen molar-refractivity contribution in [1.82, 2.24) is 0 Å². The van der Waals surface area contributed by atoms with Crippen LogP contribution in [0.1, 0.15) is 20.8 Å². The molecule has 0 amide bonds. The van der Waals surface area contributed by atoms with E-state index >= 15 is 0 Å². The summed E-state index contributed by atoms with van der Waals surface area (Å²) in [5.74, 6) is 0. The fourth-order valence-corrected chi connectivity index (χ4v) is 2.52. The maximum Gasteiger partial charge on any atom is 0.160 e. The zero-order valence-electron chi connectivity index (χ0n) is 7.63. The first-order valence-electron chi connectivity index (χ1n) is 4.16. The van der Waals surface area contributed by atoms with Gasteiger partial charge >= 0.3 is 0 Å². The Hall–Kier alpha value is -1.15. The summed E-state index contributed by atoms with van der Waals surface area (Å²) in [4.78, 5) is 11.4. The van der Waals surface area contributed by atoms with Crippen molar-refractivity contribution in [2.45, 2.75) is 13.8 Å². The van der Waals surface area contributed by atoms with Gasteiger partial charge in [0.05, 0.1) is 4.88 Å². The topological polar surface area (TPSA) is 17.1 Å². The minimum atomic E-state index is 0.809. The number of fused-ring (bicyclic) bond motifs is 1. The summed E-state index contributed by atoms with van der Waals surface area (Å²) in [6.07, 6.45) is 0.916. The van der Waals surface area contributed by atoms with E-state index in [0.717, 1.165) is 11.2 Å². The van der Waals surface area contributed by atoms with Gasteiger partial charge in [0.15, 0.2) is 6.29 Å². The number of aldehydes is 1. The number of rotatable bonds is 1. The molecule has 0 aliphatic rings. The Bertz CT molecular complexity index is 468. The molecule has 66 valence electrons. The summed E-state index contributed by atoms with van der Waals surface area (Å²) in [6.45, 7) is 4.16. The molecule has 0 N–H and O–H groups in total. The molecule has 1 aromatic carbocycles. The summed E-state index contributed by atoms with van der Waals surface area (Å²) < 4.78 is 1.23. The van der Waals surface area contributed by atoms with E-state index in [4.69, 9.17) is 0 Å². The van der Waals surface area contributed by atoms with Gasteiger partial charge in [0.2, 0.25) is 0 Å². The first-order valence-corrected chi connectivity index (χ1v) is 4.98. The number of aryl methyl sites for hydroxylation is 2. The zero-order valence-corrected chi connectivity index (χ0v) is 8.44. The van der Waals surface area contributed by atoms with Crippen LogP contribution >= 0.6 is 11.3 Å². The van der Waals surface area contributed by atoms with Crippen molar-refractivity contribution in [3.05, 3.63) is 34.2 Å². The third-order valence-corrected chi connectivity index (χ3v) is 3.29. The van der Waals surface area contributed by atoms with Crippen molar-refractivity contribution in [3.63, 3.8) is 0 Å². The number of hydrogen-bond donors (Lipinski definition) is 0. The molecule has 13 heavy (non-hydrogen) atoms. The molecule has 0 fully saturated rings. The van der Waals surface area contributed by atoms with Crippen LogP contribution in [0.3, 0.4) is 0 Å². The van der Waals surface area contributed by atoms with Gasteiger partial charge in [0.1, 0.15) is 0 Å². The lowest BCUT2D eigenvalue weighted by molar-refractivity contribution is 0.112. The largest absolute Gasteiger partial charge is 0.297 e. The molecule has 0 aliphatic heterocycles. The maximum atomic E-state index is 10.6. The molecule has 0 radical (unpaired) electrons. The average Bonchev–Trinajstić information content (AvgIpc) is 2.47. The van der Waals surface area contributed by atoms with Crippen molar-refractivity contribution < 1.29 is 4.79 Å². The highest BCUT2D eigenvalue weighted by Gasteiger charge is 2.03. The second-order valence-corrected chi connectivity index (χ2v) is 4.35. The van der Waals surface area contributed by atoms with E-state index in [-0.39, 0.29) is 0 Å². The predicted octanol–water partition coefficient (Wildman–Crippen LogP) is 3.33. The molecule has 1 heterocycles. The number of thiophene rings is 1. The van der Waals surface area contributed by atoms with Crippen LogP contribution in [0.2, 0.25) is 0 Å². The fraction of sp³-hybridized carbons (Fsp3) is 0.182. The number of carbonyl (C=O) groups is 1. The molecule has 2 rings (SSSR count). The molecule has 0 saturated carbocycles. The summed E-state index contributed by atoms with van der Waals surface area (Å²) in [7, 11) is 0. The summed E-state index contributed by atoms with van der Waals surface area (Å²) in [5, 5.41) is 1.18. The van der Waals surface area contributed by atoms with Gasteiger partial charge in [-0.15, -0.1) is 11.3 Å². The number of carbonyl (C=O) groups excluding carboxylic acids is 1. The van der Waals surface area contributed by atoms with Crippen LogP contribution in [0.4, 0.5) is 0 Å². The van der Waals surface area contributed by atoms with Crippen LogP contribution in [-0.4, -0.2) is 6.29 Å². The zero-order chi connectivity index (χ0) is 9.42. The Labute approximate surface area is 81.0 Å². The van der Waals surface area contributed by atoms with E-state index in [1.54, 1.807) is 11.3 Å². The molecule has 0 unspecified atom stereocenters. The van der Waals surface area contributed by atoms with Crippen LogP contribution in [0, 0.1) is 13.8 Å². The van der Waals surface area contributed by atoms with Gasteiger partial charge in [0.25, 0.3) is 0 Å². The van der Waals surface area contributed by atoms with Crippen LogP contribution in [0.5, 0.6) is 0 Å². The highest BCUT2D eigenvalue weighted by atomic mass is 32.1. The molecule has 2 heteroatoms. The van der Waals surface area contributed by atoms with Crippen molar-refractivity contribution in [2.24, 2.45) is 0 Å². The molecule has 0 spiro atoms. The van der Waals surface area contributed by atoms with E-state index in [1.165, 1.54) is 21.2 Å². The van der Waals surface area contributed by atoms with Crippen LogP contribution < -0.4 is 0 Å². The Morgan fingerprint density at radius 1 is 1.23 bits per heavy atom. The maximum absolute atomic E-state index is 10.6. The second-order valence-electron chi connectivity index (χ2n) is 3.27. The molecular weight excluding hydrogens is 180 g/mol.